The molecule has 0 spiro atoms. The lowest BCUT2D eigenvalue weighted by atomic mass is 9.99. The molecule has 0 saturated carbocycles. The average molecular weight is 505 g/mol. The van der Waals surface area contributed by atoms with Gasteiger partial charge in [0, 0.05) is 14.2 Å². The summed E-state index contributed by atoms with van der Waals surface area (Å²) in [5.41, 5.74) is 5.71. The lowest BCUT2D eigenvalue weighted by molar-refractivity contribution is 0.0371. The molecule has 2 fully saturated rings. The second-order valence-corrected chi connectivity index (χ2v) is 9.86. The highest BCUT2D eigenvalue weighted by molar-refractivity contribution is 5.71. The minimum atomic E-state index is -0.0503. The predicted molar refractivity (Wildman–Crippen MR) is 143 cm³/mol. The molecule has 5 rings (SSSR count). The molecule has 0 aromatic heterocycles. The molecule has 0 bridgehead atoms. The first-order chi connectivity index (χ1) is 18.0. The van der Waals surface area contributed by atoms with Crippen molar-refractivity contribution in [3.05, 3.63) is 72.3 Å². The van der Waals surface area contributed by atoms with Crippen molar-refractivity contribution in [3.8, 4) is 33.8 Å². The van der Waals surface area contributed by atoms with Crippen molar-refractivity contribution >= 4 is 0 Å². The molecule has 6 unspecified atom stereocenters. The van der Waals surface area contributed by atoms with E-state index in [0.717, 1.165) is 39.3 Å². The lowest BCUT2D eigenvalue weighted by Gasteiger charge is -2.16. The van der Waals surface area contributed by atoms with Crippen LogP contribution < -0.4 is 9.47 Å². The van der Waals surface area contributed by atoms with Crippen LogP contribution in [0.25, 0.3) is 22.3 Å². The van der Waals surface area contributed by atoms with Crippen molar-refractivity contribution < 1.29 is 28.4 Å². The summed E-state index contributed by atoms with van der Waals surface area (Å²) in [6.45, 7) is 7.12. The normalized spacial score (nSPS) is 23.8. The number of ether oxygens (including phenoxy) is 6. The van der Waals surface area contributed by atoms with Gasteiger partial charge in [-0.25, -0.2) is 0 Å². The zero-order chi connectivity index (χ0) is 25.9. The quantitative estimate of drug-likeness (QED) is 0.295. The standard InChI is InChI=1S/C31H36O6/c1-19-16-25(12-15-27(19)35-18-29(33-5)31-21(3)37-31)24-8-6-22(7-9-24)23-10-13-26(14-11-23)34-17-28(32-4)30-20(2)36-30/h6-16,20-21,28-31H,17-18H2,1-5H3. The van der Waals surface area contributed by atoms with Gasteiger partial charge in [-0.05, 0) is 72.9 Å². The maximum Gasteiger partial charge on any atom is 0.122 e. The molecule has 0 amide bonds. The number of aryl methyl sites for hydroxylation is 1. The molecule has 3 aromatic carbocycles. The summed E-state index contributed by atoms with van der Waals surface area (Å²) in [4.78, 5) is 0. The Morgan fingerprint density at radius 1 is 0.649 bits per heavy atom. The third-order valence-electron chi connectivity index (χ3n) is 7.25. The minimum absolute atomic E-state index is 0.0464. The van der Waals surface area contributed by atoms with Crippen LogP contribution in [-0.2, 0) is 18.9 Å². The zero-order valence-electron chi connectivity index (χ0n) is 22.2. The van der Waals surface area contributed by atoms with E-state index in [-0.39, 0.29) is 36.6 Å². The number of benzene rings is 3. The molecule has 6 heteroatoms. The second-order valence-electron chi connectivity index (χ2n) is 9.86. The molecule has 2 aliphatic heterocycles. The zero-order valence-corrected chi connectivity index (χ0v) is 22.2. The van der Waals surface area contributed by atoms with E-state index in [4.69, 9.17) is 28.4 Å². The lowest BCUT2D eigenvalue weighted by Crippen LogP contribution is -2.27. The van der Waals surface area contributed by atoms with Crippen molar-refractivity contribution in [2.45, 2.75) is 57.4 Å². The van der Waals surface area contributed by atoms with Gasteiger partial charge in [0.15, 0.2) is 0 Å². The van der Waals surface area contributed by atoms with E-state index in [9.17, 15) is 0 Å². The van der Waals surface area contributed by atoms with Crippen LogP contribution in [0.2, 0.25) is 0 Å². The molecule has 0 radical (unpaired) electrons. The summed E-state index contributed by atoms with van der Waals surface area (Å²) >= 11 is 0. The Balaban J connectivity index is 1.18. The van der Waals surface area contributed by atoms with Gasteiger partial charge in [-0.15, -0.1) is 0 Å². The Kier molecular flexibility index (Phi) is 7.81. The second kappa shape index (κ2) is 11.2. The van der Waals surface area contributed by atoms with Gasteiger partial charge < -0.3 is 28.4 Å². The smallest absolute Gasteiger partial charge is 0.122 e. The van der Waals surface area contributed by atoms with E-state index in [1.54, 1.807) is 14.2 Å². The highest BCUT2D eigenvalue weighted by Crippen LogP contribution is 2.31. The van der Waals surface area contributed by atoms with Gasteiger partial charge in [-0.1, -0.05) is 42.5 Å². The monoisotopic (exact) mass is 504 g/mol. The van der Waals surface area contributed by atoms with Crippen LogP contribution in [0.3, 0.4) is 0 Å². The summed E-state index contributed by atoms with van der Waals surface area (Å²) in [5.74, 6) is 1.69. The first-order valence-corrected chi connectivity index (χ1v) is 12.9. The van der Waals surface area contributed by atoms with E-state index < -0.39 is 0 Å². The Morgan fingerprint density at radius 3 is 1.54 bits per heavy atom. The summed E-state index contributed by atoms with van der Waals surface area (Å²) in [6.07, 6.45) is 0.645. The number of hydrogen-bond acceptors (Lipinski definition) is 6. The Labute approximate surface area is 219 Å². The van der Waals surface area contributed by atoms with Gasteiger partial charge >= 0.3 is 0 Å². The first-order valence-electron chi connectivity index (χ1n) is 12.9. The van der Waals surface area contributed by atoms with Crippen molar-refractivity contribution in [2.24, 2.45) is 0 Å². The van der Waals surface area contributed by atoms with Crippen LogP contribution in [0.1, 0.15) is 19.4 Å². The van der Waals surface area contributed by atoms with Crippen molar-refractivity contribution in [2.75, 3.05) is 27.4 Å². The van der Waals surface area contributed by atoms with Crippen molar-refractivity contribution in [1.82, 2.24) is 0 Å². The van der Waals surface area contributed by atoms with E-state index >= 15 is 0 Å². The third kappa shape index (κ3) is 6.16. The molecule has 6 atom stereocenters. The first kappa shape index (κ1) is 25.7. The fourth-order valence-electron chi connectivity index (χ4n) is 4.72. The number of hydrogen-bond donors (Lipinski definition) is 0. The fourth-order valence-corrected chi connectivity index (χ4v) is 4.72. The van der Waals surface area contributed by atoms with Crippen LogP contribution in [-0.4, -0.2) is 64.1 Å². The molecule has 37 heavy (non-hydrogen) atoms. The number of rotatable bonds is 12. The molecule has 2 heterocycles. The van der Waals surface area contributed by atoms with Gasteiger partial charge in [-0.3, -0.25) is 0 Å². The van der Waals surface area contributed by atoms with Crippen LogP contribution in [0.5, 0.6) is 11.5 Å². The average Bonchev–Trinajstić information content (AvgIpc) is 3.84. The van der Waals surface area contributed by atoms with Gasteiger partial charge in [0.05, 0.1) is 12.2 Å². The molecule has 3 aromatic rings. The van der Waals surface area contributed by atoms with Gasteiger partial charge in [0.1, 0.15) is 49.1 Å². The Bertz CT molecular complexity index is 1180. The van der Waals surface area contributed by atoms with E-state index in [0.29, 0.717) is 13.2 Å². The van der Waals surface area contributed by atoms with E-state index in [1.165, 1.54) is 0 Å². The van der Waals surface area contributed by atoms with Crippen LogP contribution in [0.4, 0.5) is 0 Å². The molecule has 6 nitrogen and oxygen atoms in total. The highest BCUT2D eigenvalue weighted by atomic mass is 16.6. The fraction of sp³-hybridized carbons (Fsp3) is 0.419. The highest BCUT2D eigenvalue weighted by Gasteiger charge is 2.42. The largest absolute Gasteiger partial charge is 0.491 e. The molecule has 196 valence electrons. The van der Waals surface area contributed by atoms with Crippen molar-refractivity contribution in [3.63, 3.8) is 0 Å². The van der Waals surface area contributed by atoms with Crippen LogP contribution in [0, 0.1) is 6.92 Å². The topological polar surface area (TPSA) is 62.0 Å². The van der Waals surface area contributed by atoms with Crippen LogP contribution in [0.15, 0.2) is 66.7 Å². The molecule has 0 N–H and O–H groups in total. The van der Waals surface area contributed by atoms with Gasteiger partial charge in [0.2, 0.25) is 0 Å². The summed E-state index contributed by atoms with van der Waals surface area (Å²) in [7, 11) is 3.40. The Hall–Kier alpha value is -2.90. The van der Waals surface area contributed by atoms with Crippen LogP contribution >= 0.6 is 0 Å². The minimum Gasteiger partial charge on any atom is -0.491 e. The number of methoxy groups -OCH3 is 2. The Morgan fingerprint density at radius 2 is 1.08 bits per heavy atom. The third-order valence-corrected chi connectivity index (χ3v) is 7.25. The summed E-state index contributed by atoms with van der Waals surface area (Å²) < 4.78 is 34.0. The SMILES string of the molecule is COC(COc1ccc(-c2ccc(-c3ccc(OCC(OC)C4OC4C)c(C)c3)cc2)cc1)C1OC1C. The predicted octanol–water partition coefficient (Wildman–Crippen LogP) is 5.69. The molecular formula is C31H36O6. The summed E-state index contributed by atoms with van der Waals surface area (Å²) in [6, 6.07) is 23.1. The number of epoxide rings is 2. The summed E-state index contributed by atoms with van der Waals surface area (Å²) in [5, 5.41) is 0. The maximum absolute atomic E-state index is 6.04. The molecule has 2 aliphatic rings. The molecule has 0 aliphatic carbocycles. The van der Waals surface area contributed by atoms with E-state index in [2.05, 4.69) is 62.4 Å². The van der Waals surface area contributed by atoms with Gasteiger partial charge in [-0.2, -0.15) is 0 Å². The maximum atomic E-state index is 6.04. The van der Waals surface area contributed by atoms with Gasteiger partial charge in [0.25, 0.3) is 0 Å². The van der Waals surface area contributed by atoms with E-state index in [1.807, 2.05) is 25.1 Å². The van der Waals surface area contributed by atoms with Crippen molar-refractivity contribution in [1.29, 1.82) is 0 Å². The molecule has 2 saturated heterocycles. The molecular weight excluding hydrogens is 468 g/mol.